The first-order valence-corrected chi connectivity index (χ1v) is 9.85. The van der Waals surface area contributed by atoms with Crippen LogP contribution in [-0.4, -0.2) is 61.1 Å². The van der Waals surface area contributed by atoms with Gasteiger partial charge in [0.2, 0.25) is 5.91 Å². The lowest BCUT2D eigenvalue weighted by molar-refractivity contribution is -0.128. The van der Waals surface area contributed by atoms with Crippen molar-refractivity contribution in [1.82, 2.24) is 9.80 Å². The summed E-state index contributed by atoms with van der Waals surface area (Å²) in [5.74, 6) is 1.18. The number of furan rings is 1. The highest BCUT2D eigenvalue weighted by molar-refractivity contribution is 6.30. The molecule has 1 atom stereocenters. The van der Waals surface area contributed by atoms with Crippen LogP contribution in [0.1, 0.15) is 24.2 Å². The van der Waals surface area contributed by atoms with E-state index in [1.54, 1.807) is 18.4 Å². The molecule has 2 heterocycles. The molecule has 7 heteroatoms. The standard InChI is InChI=1S/C22H25ClN4O2/c1-16(17-8-10-18(23)11-9-17)19(27-12-4-7-21(27)28)14-26(3)15-25-22(24-2)20-6-5-13-29-20/h5-6,8-11,13,19H,1-2,4,7,12,14-15H2,3H3/b25-22-. The van der Waals surface area contributed by atoms with Crippen LogP contribution in [0.4, 0.5) is 0 Å². The largest absolute Gasteiger partial charge is 0.461 e. The van der Waals surface area contributed by atoms with Gasteiger partial charge in [0.05, 0.1) is 19.0 Å². The van der Waals surface area contributed by atoms with Crippen LogP contribution in [0.2, 0.25) is 5.02 Å². The van der Waals surface area contributed by atoms with E-state index in [0.29, 0.717) is 36.3 Å². The average Bonchev–Trinajstić information content (AvgIpc) is 3.39. The van der Waals surface area contributed by atoms with Gasteiger partial charge in [-0.1, -0.05) is 30.3 Å². The molecule has 152 valence electrons. The van der Waals surface area contributed by atoms with Crippen molar-refractivity contribution in [3.63, 3.8) is 0 Å². The third-order valence-corrected chi connectivity index (χ3v) is 5.19. The van der Waals surface area contributed by atoms with Gasteiger partial charge in [0.1, 0.15) is 0 Å². The Kier molecular flexibility index (Phi) is 7.01. The summed E-state index contributed by atoms with van der Waals surface area (Å²) < 4.78 is 5.34. The van der Waals surface area contributed by atoms with Crippen molar-refractivity contribution in [1.29, 1.82) is 0 Å². The maximum atomic E-state index is 12.4. The fourth-order valence-electron chi connectivity index (χ4n) is 3.40. The second kappa shape index (κ2) is 9.67. The Morgan fingerprint density at radius 2 is 2.10 bits per heavy atom. The molecule has 3 rings (SSSR count). The molecule has 1 aromatic heterocycles. The van der Waals surface area contributed by atoms with Crippen molar-refractivity contribution >= 4 is 35.6 Å². The first kappa shape index (κ1) is 21.0. The Morgan fingerprint density at radius 3 is 2.69 bits per heavy atom. The predicted molar refractivity (Wildman–Crippen MR) is 118 cm³/mol. The number of likely N-dealkylation sites (N-methyl/N-ethyl adjacent to an activating group) is 1. The van der Waals surface area contributed by atoms with E-state index in [4.69, 9.17) is 16.0 Å². The average molecular weight is 413 g/mol. The molecule has 2 aromatic rings. The zero-order chi connectivity index (χ0) is 20.8. The number of amidine groups is 1. The highest BCUT2D eigenvalue weighted by atomic mass is 35.5. The number of rotatable bonds is 8. The number of hydrogen-bond acceptors (Lipinski definition) is 4. The second-order valence-corrected chi connectivity index (χ2v) is 7.47. The molecular weight excluding hydrogens is 388 g/mol. The van der Waals surface area contributed by atoms with Gasteiger partial charge in [-0.2, -0.15) is 0 Å². The van der Waals surface area contributed by atoms with E-state index in [2.05, 4.69) is 23.3 Å². The van der Waals surface area contributed by atoms with E-state index in [1.165, 1.54) is 0 Å². The summed E-state index contributed by atoms with van der Waals surface area (Å²) in [6, 6.07) is 11.0. The molecule has 0 N–H and O–H groups in total. The molecule has 29 heavy (non-hydrogen) atoms. The van der Waals surface area contributed by atoms with Gasteiger partial charge in [-0.15, -0.1) is 0 Å². The third kappa shape index (κ3) is 5.22. The molecule has 0 radical (unpaired) electrons. The van der Waals surface area contributed by atoms with E-state index in [9.17, 15) is 4.79 Å². The predicted octanol–water partition coefficient (Wildman–Crippen LogP) is 3.97. The Hall–Kier alpha value is -2.70. The first-order chi connectivity index (χ1) is 14.0. The minimum atomic E-state index is -0.143. The Labute approximate surface area is 176 Å². The lowest BCUT2D eigenvalue weighted by Gasteiger charge is -2.32. The van der Waals surface area contributed by atoms with Crippen LogP contribution in [-0.2, 0) is 4.79 Å². The quantitative estimate of drug-likeness (QED) is 0.486. The van der Waals surface area contributed by atoms with Crippen LogP contribution in [0.15, 0.2) is 63.6 Å². The highest BCUT2D eigenvalue weighted by Crippen LogP contribution is 2.26. The van der Waals surface area contributed by atoms with Gasteiger partial charge in [-0.25, -0.2) is 9.98 Å². The molecule has 1 aliphatic rings. The van der Waals surface area contributed by atoms with Gasteiger partial charge in [-0.05, 0) is 55.6 Å². The summed E-state index contributed by atoms with van der Waals surface area (Å²) in [6.07, 6.45) is 3.02. The number of benzene rings is 1. The molecule has 0 bridgehead atoms. The van der Waals surface area contributed by atoms with Crippen LogP contribution >= 0.6 is 11.6 Å². The smallest absolute Gasteiger partial charge is 0.223 e. The lowest BCUT2D eigenvalue weighted by atomic mass is 9.98. The summed E-state index contributed by atoms with van der Waals surface area (Å²) >= 11 is 6.02. The summed E-state index contributed by atoms with van der Waals surface area (Å²) in [4.78, 5) is 24.8. The number of carbonyl (C=O) groups is 1. The minimum Gasteiger partial charge on any atom is -0.461 e. The molecule has 1 aromatic carbocycles. The maximum absolute atomic E-state index is 12.4. The molecule has 1 unspecified atom stereocenters. The number of likely N-dealkylation sites (tertiary alicyclic amines) is 1. The number of amides is 1. The molecule has 0 saturated carbocycles. The van der Waals surface area contributed by atoms with Gasteiger partial charge in [0.25, 0.3) is 0 Å². The number of carbonyl (C=O) groups excluding carboxylic acids is 1. The van der Waals surface area contributed by atoms with Crippen molar-refractivity contribution in [2.45, 2.75) is 18.9 Å². The van der Waals surface area contributed by atoms with E-state index < -0.39 is 0 Å². The van der Waals surface area contributed by atoms with Crippen molar-refractivity contribution < 1.29 is 9.21 Å². The molecule has 1 aliphatic heterocycles. The summed E-state index contributed by atoms with van der Waals surface area (Å²) in [7, 11) is 1.95. The van der Waals surface area contributed by atoms with E-state index >= 15 is 0 Å². The van der Waals surface area contributed by atoms with Gasteiger partial charge in [0, 0.05) is 24.5 Å². The van der Waals surface area contributed by atoms with Crippen molar-refractivity contribution in [3.05, 3.63) is 65.6 Å². The van der Waals surface area contributed by atoms with Crippen molar-refractivity contribution in [2.24, 2.45) is 9.98 Å². The molecule has 1 amide bonds. The monoisotopic (exact) mass is 412 g/mol. The summed E-state index contributed by atoms with van der Waals surface area (Å²) in [5.41, 5.74) is 1.86. The van der Waals surface area contributed by atoms with Crippen molar-refractivity contribution in [3.8, 4) is 0 Å². The molecule has 1 saturated heterocycles. The molecule has 0 spiro atoms. The van der Waals surface area contributed by atoms with Gasteiger partial charge in [-0.3, -0.25) is 9.69 Å². The van der Waals surface area contributed by atoms with Gasteiger partial charge in [0.15, 0.2) is 11.6 Å². The van der Waals surface area contributed by atoms with Crippen LogP contribution in [0.25, 0.3) is 5.57 Å². The van der Waals surface area contributed by atoms with Gasteiger partial charge >= 0.3 is 0 Å². The van der Waals surface area contributed by atoms with Crippen LogP contribution in [0.3, 0.4) is 0 Å². The fraction of sp³-hybridized carbons (Fsp3) is 0.318. The summed E-state index contributed by atoms with van der Waals surface area (Å²) in [6.45, 7) is 9.58. The number of halogens is 1. The summed E-state index contributed by atoms with van der Waals surface area (Å²) in [5, 5.41) is 0.671. The number of nitrogens with zero attached hydrogens (tertiary/aromatic N) is 4. The fourth-order valence-corrected chi connectivity index (χ4v) is 3.53. The Morgan fingerprint density at radius 1 is 1.34 bits per heavy atom. The van der Waals surface area contributed by atoms with E-state index in [0.717, 1.165) is 24.1 Å². The van der Waals surface area contributed by atoms with E-state index in [-0.39, 0.29) is 11.9 Å². The highest BCUT2D eigenvalue weighted by Gasteiger charge is 2.31. The normalized spacial score (nSPS) is 15.8. The Bertz CT molecular complexity index is 890. The zero-order valence-electron chi connectivity index (χ0n) is 16.6. The van der Waals surface area contributed by atoms with Crippen LogP contribution < -0.4 is 0 Å². The maximum Gasteiger partial charge on any atom is 0.223 e. The Balaban J connectivity index is 1.75. The minimum absolute atomic E-state index is 0.143. The SMILES string of the molecule is C=N/C(=N\CN(C)CC(C(=C)c1ccc(Cl)cc1)N1CCCC1=O)c1ccco1. The van der Waals surface area contributed by atoms with Crippen molar-refractivity contribution in [2.75, 3.05) is 26.8 Å². The van der Waals surface area contributed by atoms with Gasteiger partial charge < -0.3 is 9.32 Å². The third-order valence-electron chi connectivity index (χ3n) is 4.94. The molecule has 1 fully saturated rings. The first-order valence-electron chi connectivity index (χ1n) is 9.47. The van der Waals surface area contributed by atoms with Crippen LogP contribution in [0.5, 0.6) is 0 Å². The number of hydrogen-bond donors (Lipinski definition) is 0. The second-order valence-electron chi connectivity index (χ2n) is 7.04. The molecule has 0 aliphatic carbocycles. The molecule has 6 nitrogen and oxygen atoms in total. The zero-order valence-corrected chi connectivity index (χ0v) is 17.3. The topological polar surface area (TPSA) is 61.4 Å². The van der Waals surface area contributed by atoms with Crippen LogP contribution in [0, 0.1) is 0 Å². The number of aliphatic imine (C=N–C) groups is 2. The van der Waals surface area contributed by atoms with E-state index in [1.807, 2.05) is 41.1 Å². The lowest BCUT2D eigenvalue weighted by Crippen LogP contribution is -2.44. The molecular formula is C22H25ClN4O2.